The average Bonchev–Trinajstić information content (AvgIpc) is 3.43. The molecule has 0 saturated carbocycles. The Morgan fingerprint density at radius 2 is 1.79 bits per heavy atom. The Balaban J connectivity index is 1.55. The minimum absolute atomic E-state index is 0.00684. The van der Waals surface area contributed by atoms with E-state index in [0.717, 1.165) is 10.9 Å². The van der Waals surface area contributed by atoms with Gasteiger partial charge in [-0.05, 0) is 42.6 Å². The van der Waals surface area contributed by atoms with Crippen LogP contribution in [0.1, 0.15) is 21.0 Å². The summed E-state index contributed by atoms with van der Waals surface area (Å²) in [5.41, 5.74) is 0.555. The first-order valence-electron chi connectivity index (χ1n) is 9.93. The molecule has 2 aromatic carbocycles. The highest BCUT2D eigenvalue weighted by Gasteiger charge is 2.23. The molecule has 0 saturated heterocycles. The molecule has 0 unspecified atom stereocenters. The lowest BCUT2D eigenvalue weighted by Gasteiger charge is -2.13. The molecule has 3 N–H and O–H groups in total. The standard InChI is InChI=1S/C23H17Cl2FN4O3S/c1-12-20(21(30-33-12)18-14(24)6-2-7-15(18)25)29-23(32)28-17-9-3-8-16(26)19(17)22(31)27-11-13-5-4-10-34-13/h2-10H,11H2,1H3,(H,27,31)(H2,28,29,32). The van der Waals surface area contributed by atoms with Crippen LogP contribution in [0, 0.1) is 12.7 Å². The van der Waals surface area contributed by atoms with Gasteiger partial charge in [-0.1, -0.05) is 46.6 Å². The minimum atomic E-state index is -0.772. The van der Waals surface area contributed by atoms with Gasteiger partial charge in [-0.15, -0.1) is 11.3 Å². The zero-order chi connectivity index (χ0) is 24.2. The van der Waals surface area contributed by atoms with E-state index in [4.69, 9.17) is 27.7 Å². The fourth-order valence-corrected chi connectivity index (χ4v) is 4.43. The molecular weight excluding hydrogens is 502 g/mol. The Hall–Kier alpha value is -3.40. The van der Waals surface area contributed by atoms with Crippen molar-refractivity contribution in [3.8, 4) is 11.3 Å². The van der Waals surface area contributed by atoms with Crippen molar-refractivity contribution < 1.29 is 18.5 Å². The average molecular weight is 519 g/mol. The molecule has 0 aliphatic carbocycles. The number of nitrogens with one attached hydrogen (secondary N) is 3. The lowest BCUT2D eigenvalue weighted by Crippen LogP contribution is -2.27. The molecule has 0 aliphatic rings. The van der Waals surface area contributed by atoms with Gasteiger partial charge in [0, 0.05) is 10.4 Å². The molecule has 4 rings (SSSR count). The van der Waals surface area contributed by atoms with Crippen molar-refractivity contribution in [3.05, 3.63) is 86.0 Å². The molecule has 0 bridgehead atoms. The van der Waals surface area contributed by atoms with Crippen LogP contribution in [0.2, 0.25) is 10.0 Å². The molecule has 3 amide bonds. The van der Waals surface area contributed by atoms with E-state index in [9.17, 15) is 14.0 Å². The van der Waals surface area contributed by atoms with E-state index >= 15 is 0 Å². The number of hydrogen-bond donors (Lipinski definition) is 3. The van der Waals surface area contributed by atoms with Gasteiger partial charge in [0.1, 0.15) is 17.2 Å². The third kappa shape index (κ3) is 5.06. The predicted octanol–water partition coefficient (Wildman–Crippen LogP) is 6.73. The van der Waals surface area contributed by atoms with Gasteiger partial charge >= 0.3 is 6.03 Å². The van der Waals surface area contributed by atoms with Gasteiger partial charge in [-0.3, -0.25) is 4.79 Å². The van der Waals surface area contributed by atoms with Gasteiger partial charge in [0.25, 0.3) is 5.91 Å². The molecule has 0 fully saturated rings. The molecule has 11 heteroatoms. The monoisotopic (exact) mass is 518 g/mol. The Kier molecular flexibility index (Phi) is 7.16. The van der Waals surface area contributed by atoms with Crippen molar-refractivity contribution in [2.45, 2.75) is 13.5 Å². The maximum Gasteiger partial charge on any atom is 0.323 e. The van der Waals surface area contributed by atoms with Crippen molar-refractivity contribution in [1.29, 1.82) is 0 Å². The number of urea groups is 1. The van der Waals surface area contributed by atoms with Gasteiger partial charge in [0.2, 0.25) is 0 Å². The van der Waals surface area contributed by atoms with Crippen molar-refractivity contribution in [1.82, 2.24) is 10.5 Å². The number of nitrogens with zero attached hydrogens (tertiary/aromatic N) is 1. The number of carbonyl (C=O) groups is 2. The summed E-state index contributed by atoms with van der Waals surface area (Å²) in [6.45, 7) is 1.83. The molecule has 0 aliphatic heterocycles. The van der Waals surface area contributed by atoms with Crippen molar-refractivity contribution >= 4 is 57.9 Å². The molecule has 4 aromatic rings. The third-order valence-corrected chi connectivity index (χ3v) is 6.30. The summed E-state index contributed by atoms with van der Waals surface area (Å²) in [4.78, 5) is 26.4. The number of benzene rings is 2. The topological polar surface area (TPSA) is 96.3 Å². The molecular formula is C23H17Cl2FN4O3S. The number of hydrogen-bond acceptors (Lipinski definition) is 5. The van der Waals surface area contributed by atoms with Crippen molar-refractivity contribution in [2.75, 3.05) is 10.6 Å². The molecule has 34 heavy (non-hydrogen) atoms. The zero-order valence-corrected chi connectivity index (χ0v) is 19.9. The van der Waals surface area contributed by atoms with E-state index in [1.807, 2.05) is 17.5 Å². The fraction of sp³-hybridized carbons (Fsp3) is 0.0870. The summed E-state index contributed by atoms with van der Waals surface area (Å²) in [6, 6.07) is 11.9. The SMILES string of the molecule is Cc1onc(-c2c(Cl)cccc2Cl)c1NC(=O)Nc1cccc(F)c1C(=O)NCc1cccs1. The molecule has 0 spiro atoms. The number of carbonyl (C=O) groups excluding carboxylic acids is 2. The van der Waals surface area contributed by atoms with E-state index in [0.29, 0.717) is 21.4 Å². The van der Waals surface area contributed by atoms with E-state index in [1.54, 1.807) is 25.1 Å². The Bertz CT molecular complexity index is 1340. The lowest BCUT2D eigenvalue weighted by atomic mass is 10.1. The fourth-order valence-electron chi connectivity index (χ4n) is 3.21. The Morgan fingerprint density at radius 3 is 2.50 bits per heavy atom. The highest BCUT2D eigenvalue weighted by atomic mass is 35.5. The number of thiophene rings is 1. The number of rotatable bonds is 6. The van der Waals surface area contributed by atoms with E-state index in [1.165, 1.54) is 23.5 Å². The van der Waals surface area contributed by atoms with Crippen LogP contribution in [0.5, 0.6) is 0 Å². The second kappa shape index (κ2) is 10.3. The molecule has 174 valence electrons. The molecule has 2 aromatic heterocycles. The van der Waals surface area contributed by atoms with Crippen LogP contribution in [-0.2, 0) is 6.54 Å². The van der Waals surface area contributed by atoms with E-state index < -0.39 is 17.8 Å². The smallest absolute Gasteiger partial charge is 0.323 e. The van der Waals surface area contributed by atoms with Gasteiger partial charge < -0.3 is 20.5 Å². The summed E-state index contributed by atoms with van der Waals surface area (Å²) in [7, 11) is 0. The van der Waals surface area contributed by atoms with Crippen LogP contribution >= 0.6 is 34.5 Å². The highest BCUT2D eigenvalue weighted by Crippen LogP contribution is 2.39. The summed E-state index contributed by atoms with van der Waals surface area (Å²) < 4.78 is 19.8. The summed E-state index contributed by atoms with van der Waals surface area (Å²) in [6.07, 6.45) is 0. The van der Waals surface area contributed by atoms with E-state index in [-0.39, 0.29) is 29.2 Å². The normalized spacial score (nSPS) is 10.7. The highest BCUT2D eigenvalue weighted by molar-refractivity contribution is 7.09. The van der Waals surface area contributed by atoms with Gasteiger partial charge in [0.15, 0.2) is 5.76 Å². The van der Waals surface area contributed by atoms with Crippen molar-refractivity contribution in [3.63, 3.8) is 0 Å². The van der Waals surface area contributed by atoms with Gasteiger partial charge in [0.05, 0.1) is 27.8 Å². The third-order valence-electron chi connectivity index (χ3n) is 4.79. The summed E-state index contributed by atoms with van der Waals surface area (Å²) >= 11 is 14.0. The molecule has 7 nitrogen and oxygen atoms in total. The number of halogens is 3. The van der Waals surface area contributed by atoms with Crippen LogP contribution in [0.25, 0.3) is 11.3 Å². The molecule has 2 heterocycles. The Morgan fingerprint density at radius 1 is 1.06 bits per heavy atom. The second-order valence-electron chi connectivity index (χ2n) is 7.06. The first kappa shape index (κ1) is 23.7. The van der Waals surface area contributed by atoms with Crippen LogP contribution in [0.3, 0.4) is 0 Å². The molecule has 0 radical (unpaired) electrons. The number of aromatic nitrogens is 1. The van der Waals surface area contributed by atoms with Crippen molar-refractivity contribution in [2.24, 2.45) is 0 Å². The first-order chi connectivity index (χ1) is 16.3. The second-order valence-corrected chi connectivity index (χ2v) is 8.91. The lowest BCUT2D eigenvalue weighted by molar-refractivity contribution is 0.0948. The molecule has 0 atom stereocenters. The van der Waals surface area contributed by atoms with Crippen LogP contribution in [0.4, 0.5) is 20.6 Å². The maximum absolute atomic E-state index is 14.5. The summed E-state index contributed by atoms with van der Waals surface area (Å²) in [5.74, 6) is -1.13. The van der Waals surface area contributed by atoms with Gasteiger partial charge in [-0.2, -0.15) is 0 Å². The van der Waals surface area contributed by atoms with Crippen LogP contribution in [-0.4, -0.2) is 17.1 Å². The van der Waals surface area contributed by atoms with Crippen LogP contribution < -0.4 is 16.0 Å². The quantitative estimate of drug-likeness (QED) is 0.263. The Labute approximate surface area is 207 Å². The maximum atomic E-state index is 14.5. The van der Waals surface area contributed by atoms with Gasteiger partial charge in [-0.25, -0.2) is 9.18 Å². The minimum Gasteiger partial charge on any atom is -0.359 e. The summed E-state index contributed by atoms with van der Waals surface area (Å²) in [5, 5.41) is 14.3. The number of amides is 3. The van der Waals surface area contributed by atoms with Crippen LogP contribution in [0.15, 0.2) is 58.4 Å². The number of aryl methyl sites for hydroxylation is 1. The predicted molar refractivity (Wildman–Crippen MR) is 131 cm³/mol. The first-order valence-corrected chi connectivity index (χ1v) is 11.6. The number of anilines is 2. The zero-order valence-electron chi connectivity index (χ0n) is 17.6. The largest absolute Gasteiger partial charge is 0.359 e. The van der Waals surface area contributed by atoms with E-state index in [2.05, 4.69) is 21.1 Å².